The SMILES string of the molecule is CN1CCc2cc(Cc3ncc(C(F)(F)F)c(CCc4ccccc4CC(N)=O)n3)ccc2C1.NC(=O)Cc1ccccc1CCc1nc(Cc2ccc3c(c2)CCNC3)ncc1C(F)(F)F. The third kappa shape index (κ3) is 13.3. The highest BCUT2D eigenvalue weighted by Gasteiger charge is 2.36. The molecule has 67 heavy (non-hydrogen) atoms. The standard InChI is InChI=1S/C26H27F3N4O.C25H25F3N4O/c1-33-11-10-20-12-17(6-7-21(20)16-33)13-25-31-15-22(26(27,28)29)23(32-25)9-8-18-4-2-3-5-19(18)14-24(30)34;26-25(27,28)21-15-31-24(12-16-5-6-20-14-30-10-9-19(20)11-16)32-22(21)8-7-17-3-1-2-4-18(17)13-23(29)33/h2-7,12,15H,8-11,13-14,16H2,1H3,(H2,30,34);1-6,11,15,30H,7-10,12-14H2,(H2,29,33). The van der Waals surface area contributed by atoms with Gasteiger partial charge in [-0.25, -0.2) is 19.9 Å². The van der Waals surface area contributed by atoms with E-state index >= 15 is 0 Å². The van der Waals surface area contributed by atoms with E-state index in [4.69, 9.17) is 11.5 Å². The summed E-state index contributed by atoms with van der Waals surface area (Å²) in [6, 6.07) is 26.6. The Morgan fingerprint density at radius 2 is 1.07 bits per heavy atom. The second kappa shape index (κ2) is 21.4. The number of likely N-dealkylation sites (N-methyl/N-ethyl adjacent to an activating group) is 1. The summed E-state index contributed by atoms with van der Waals surface area (Å²) in [6.45, 7) is 3.62. The van der Waals surface area contributed by atoms with Crippen molar-refractivity contribution in [1.29, 1.82) is 0 Å². The molecule has 0 saturated carbocycles. The maximum atomic E-state index is 13.7. The highest BCUT2D eigenvalue weighted by atomic mass is 19.4. The summed E-state index contributed by atoms with van der Waals surface area (Å²) in [4.78, 5) is 41.7. The molecule has 0 aliphatic carbocycles. The number of amides is 2. The van der Waals surface area contributed by atoms with Gasteiger partial charge in [-0.15, -0.1) is 0 Å². The summed E-state index contributed by atoms with van der Waals surface area (Å²) < 4.78 is 81.9. The summed E-state index contributed by atoms with van der Waals surface area (Å²) in [5.41, 5.74) is 18.9. The van der Waals surface area contributed by atoms with Crippen molar-refractivity contribution >= 4 is 11.8 Å². The van der Waals surface area contributed by atoms with E-state index in [2.05, 4.69) is 61.5 Å². The summed E-state index contributed by atoms with van der Waals surface area (Å²) in [7, 11) is 2.08. The van der Waals surface area contributed by atoms with E-state index in [-0.39, 0.29) is 37.1 Å². The molecular weight excluding hydrogens is 871 g/mol. The van der Waals surface area contributed by atoms with Gasteiger partial charge in [-0.1, -0.05) is 84.9 Å². The normalized spacial score (nSPS) is 13.8. The van der Waals surface area contributed by atoms with Gasteiger partial charge in [0, 0.05) is 44.9 Å². The molecule has 2 aliphatic heterocycles. The lowest BCUT2D eigenvalue weighted by Crippen LogP contribution is -2.26. The number of carbonyl (C=O) groups is 2. The number of aryl methyl sites for hydroxylation is 4. The van der Waals surface area contributed by atoms with Gasteiger partial charge in [0.2, 0.25) is 11.8 Å². The van der Waals surface area contributed by atoms with Crippen LogP contribution in [0.15, 0.2) is 97.3 Å². The number of hydrogen-bond donors (Lipinski definition) is 3. The van der Waals surface area contributed by atoms with Crippen LogP contribution >= 0.6 is 0 Å². The van der Waals surface area contributed by atoms with Gasteiger partial charge in [-0.2, -0.15) is 26.3 Å². The minimum Gasteiger partial charge on any atom is -0.369 e. The fraction of sp³-hybridized carbons (Fsp3) is 0.333. The van der Waals surface area contributed by atoms with Crippen molar-refractivity contribution in [2.75, 3.05) is 20.1 Å². The topological polar surface area (TPSA) is 153 Å². The molecule has 4 aromatic carbocycles. The molecule has 8 rings (SSSR count). The first-order valence-electron chi connectivity index (χ1n) is 22.1. The highest BCUT2D eigenvalue weighted by molar-refractivity contribution is 5.77. The van der Waals surface area contributed by atoms with Gasteiger partial charge in [0.15, 0.2) is 0 Å². The first-order chi connectivity index (χ1) is 32.0. The Kier molecular flexibility index (Phi) is 15.5. The Hall–Kier alpha value is -6.52. The molecule has 6 aromatic rings. The van der Waals surface area contributed by atoms with Gasteiger partial charge in [-0.3, -0.25) is 9.59 Å². The molecule has 0 fully saturated rings. The number of primary amides is 2. The average Bonchev–Trinajstić information content (AvgIpc) is 3.27. The van der Waals surface area contributed by atoms with Crippen LogP contribution in [0, 0.1) is 0 Å². The number of fused-ring (bicyclic) bond motifs is 2. The Morgan fingerprint density at radius 1 is 0.612 bits per heavy atom. The molecule has 16 heteroatoms. The third-order valence-electron chi connectivity index (χ3n) is 12.0. The van der Waals surface area contributed by atoms with E-state index in [0.717, 1.165) is 84.8 Å². The van der Waals surface area contributed by atoms with Crippen LogP contribution < -0.4 is 16.8 Å². The van der Waals surface area contributed by atoms with E-state index in [1.54, 1.807) is 48.5 Å². The molecule has 4 heterocycles. The molecule has 10 nitrogen and oxygen atoms in total. The summed E-state index contributed by atoms with van der Waals surface area (Å²) in [6.07, 6.45) is -3.83. The van der Waals surface area contributed by atoms with Crippen molar-refractivity contribution in [2.24, 2.45) is 11.5 Å². The second-order valence-corrected chi connectivity index (χ2v) is 17.1. The monoisotopic (exact) mass is 922 g/mol. The van der Waals surface area contributed by atoms with Crippen LogP contribution in [0.25, 0.3) is 0 Å². The number of aromatic nitrogens is 4. The van der Waals surface area contributed by atoms with Gasteiger partial charge < -0.3 is 21.7 Å². The van der Waals surface area contributed by atoms with Gasteiger partial charge in [0.05, 0.1) is 35.4 Å². The van der Waals surface area contributed by atoms with Crippen LogP contribution in [0.1, 0.15) is 89.8 Å². The van der Waals surface area contributed by atoms with E-state index in [1.807, 2.05) is 12.1 Å². The van der Waals surface area contributed by atoms with Crippen molar-refractivity contribution in [1.82, 2.24) is 30.2 Å². The molecule has 5 N–H and O–H groups in total. The van der Waals surface area contributed by atoms with E-state index < -0.39 is 35.3 Å². The molecule has 0 spiro atoms. The lowest BCUT2D eigenvalue weighted by Gasteiger charge is -2.25. The summed E-state index contributed by atoms with van der Waals surface area (Å²) >= 11 is 0. The van der Waals surface area contributed by atoms with Crippen LogP contribution in [-0.2, 0) is 99.2 Å². The molecule has 0 unspecified atom stereocenters. The van der Waals surface area contributed by atoms with Crippen LogP contribution in [0.3, 0.4) is 0 Å². The molecule has 350 valence electrons. The number of rotatable bonds is 14. The van der Waals surface area contributed by atoms with E-state index in [9.17, 15) is 35.9 Å². The van der Waals surface area contributed by atoms with E-state index in [1.165, 1.54) is 22.3 Å². The first-order valence-corrected chi connectivity index (χ1v) is 22.1. The lowest BCUT2D eigenvalue weighted by molar-refractivity contribution is -0.139. The fourth-order valence-corrected chi connectivity index (χ4v) is 8.63. The zero-order chi connectivity index (χ0) is 47.7. The lowest BCUT2D eigenvalue weighted by atomic mass is 9.96. The molecule has 0 atom stereocenters. The number of hydrogen-bond acceptors (Lipinski definition) is 8. The minimum atomic E-state index is -4.54. The van der Waals surface area contributed by atoms with Crippen molar-refractivity contribution in [3.8, 4) is 0 Å². The molecule has 2 amide bonds. The minimum absolute atomic E-state index is 0.0361. The van der Waals surface area contributed by atoms with Gasteiger partial charge in [0.25, 0.3) is 0 Å². The first kappa shape index (κ1) is 48.4. The van der Waals surface area contributed by atoms with Crippen molar-refractivity contribution in [2.45, 2.75) is 89.7 Å². The van der Waals surface area contributed by atoms with Crippen LogP contribution in [0.2, 0.25) is 0 Å². The predicted molar refractivity (Wildman–Crippen MR) is 242 cm³/mol. The number of alkyl halides is 6. The van der Waals surface area contributed by atoms with Crippen LogP contribution in [-0.4, -0.2) is 56.8 Å². The highest BCUT2D eigenvalue weighted by Crippen LogP contribution is 2.33. The molecule has 0 saturated heterocycles. The predicted octanol–water partition coefficient (Wildman–Crippen LogP) is 7.43. The number of halogens is 6. The Balaban J connectivity index is 0.000000199. The Labute approximate surface area is 385 Å². The number of carbonyl (C=O) groups excluding carboxylic acids is 2. The largest absolute Gasteiger partial charge is 0.419 e. The zero-order valence-corrected chi connectivity index (χ0v) is 37.1. The third-order valence-corrected chi connectivity index (χ3v) is 12.0. The van der Waals surface area contributed by atoms with Crippen molar-refractivity contribution < 1.29 is 35.9 Å². The fourth-order valence-electron chi connectivity index (χ4n) is 8.63. The van der Waals surface area contributed by atoms with Crippen LogP contribution in [0.4, 0.5) is 26.3 Å². The number of nitrogens with two attached hydrogens (primary N) is 2. The second-order valence-electron chi connectivity index (χ2n) is 17.1. The van der Waals surface area contributed by atoms with Crippen LogP contribution in [0.5, 0.6) is 0 Å². The zero-order valence-electron chi connectivity index (χ0n) is 37.1. The summed E-state index contributed by atoms with van der Waals surface area (Å²) in [5.74, 6) is -0.244. The Bertz CT molecular complexity index is 2720. The van der Waals surface area contributed by atoms with Crippen molar-refractivity contribution in [3.63, 3.8) is 0 Å². The molecule has 2 aliphatic rings. The van der Waals surface area contributed by atoms with Gasteiger partial charge in [-0.05, 0) is 108 Å². The Morgan fingerprint density at radius 3 is 1.55 bits per heavy atom. The van der Waals surface area contributed by atoms with E-state index in [0.29, 0.717) is 37.3 Å². The molecule has 2 aromatic heterocycles. The summed E-state index contributed by atoms with van der Waals surface area (Å²) in [5, 5.41) is 3.32. The quantitative estimate of drug-likeness (QED) is 0.0955. The number of benzene rings is 4. The van der Waals surface area contributed by atoms with Crippen molar-refractivity contribution in [3.05, 3.63) is 187 Å². The number of nitrogens with zero attached hydrogens (tertiary/aromatic N) is 5. The van der Waals surface area contributed by atoms with Gasteiger partial charge >= 0.3 is 12.4 Å². The molecule has 0 radical (unpaired) electrons. The number of nitrogens with one attached hydrogen (secondary N) is 1. The molecular formula is C51H52F6N8O2. The van der Waals surface area contributed by atoms with Gasteiger partial charge in [0.1, 0.15) is 11.6 Å². The smallest absolute Gasteiger partial charge is 0.369 e. The maximum Gasteiger partial charge on any atom is 0.419 e. The average molecular weight is 923 g/mol. The maximum absolute atomic E-state index is 13.7. The molecule has 0 bridgehead atoms.